The zero-order chi connectivity index (χ0) is 23.7. The first-order valence-corrected chi connectivity index (χ1v) is 14.0. The average Bonchev–Trinajstić information content (AvgIpc) is 2.61. The maximum Gasteiger partial charge on any atom is 0.237 e. The molecule has 0 atom stereocenters. The fourth-order valence-electron chi connectivity index (χ4n) is 3.56. The van der Waals surface area contributed by atoms with E-state index < -0.39 is 29.4 Å². The van der Waals surface area contributed by atoms with Gasteiger partial charge in [0.1, 0.15) is 5.78 Å². The standard InChI is InChI=1S/C23H37NO5S2/c1-22(2,3)30(26,27)16-18-7-11-19(12-8-18)21(25)15-17-9-13-20(14-10-17)24-31(28,29)23(4,5)6/h9-10,13-14,18-19,24H,7-8,11-12,15-16H2,1-6H3. The number of hydrogen-bond donors (Lipinski definition) is 1. The zero-order valence-electron chi connectivity index (χ0n) is 19.6. The molecule has 0 saturated heterocycles. The second-order valence-corrected chi connectivity index (χ2v) is 15.9. The Morgan fingerprint density at radius 2 is 1.39 bits per heavy atom. The molecule has 0 heterocycles. The third kappa shape index (κ3) is 6.78. The zero-order valence-corrected chi connectivity index (χ0v) is 21.2. The van der Waals surface area contributed by atoms with Crippen LogP contribution in [0.25, 0.3) is 0 Å². The first-order chi connectivity index (χ1) is 14.0. The van der Waals surface area contributed by atoms with E-state index in [9.17, 15) is 21.6 Å². The van der Waals surface area contributed by atoms with Crippen molar-refractivity contribution >= 4 is 31.3 Å². The van der Waals surface area contributed by atoms with Gasteiger partial charge in [-0.1, -0.05) is 12.1 Å². The summed E-state index contributed by atoms with van der Waals surface area (Å²) in [4.78, 5) is 12.7. The number of nitrogens with one attached hydrogen (secondary N) is 1. The Kier molecular flexibility index (Phi) is 7.69. The maximum absolute atomic E-state index is 12.7. The number of rotatable bonds is 7. The molecule has 1 N–H and O–H groups in total. The van der Waals surface area contributed by atoms with Gasteiger partial charge in [-0.25, -0.2) is 16.8 Å². The van der Waals surface area contributed by atoms with Crippen molar-refractivity contribution in [3.05, 3.63) is 29.8 Å². The highest BCUT2D eigenvalue weighted by molar-refractivity contribution is 7.94. The number of Topliss-reactive ketones (excluding diaryl/α,β-unsaturated/α-hetero) is 1. The van der Waals surface area contributed by atoms with Crippen LogP contribution < -0.4 is 4.72 Å². The second-order valence-electron chi connectivity index (χ2n) is 10.7. The van der Waals surface area contributed by atoms with Crippen LogP contribution in [0.15, 0.2) is 24.3 Å². The summed E-state index contributed by atoms with van der Waals surface area (Å²) in [6, 6.07) is 6.92. The lowest BCUT2D eigenvalue weighted by molar-refractivity contribution is -0.123. The van der Waals surface area contributed by atoms with Crippen molar-refractivity contribution in [1.29, 1.82) is 0 Å². The molecule has 0 radical (unpaired) electrons. The number of sulfone groups is 1. The molecule has 6 nitrogen and oxygen atoms in total. The summed E-state index contributed by atoms with van der Waals surface area (Å²) in [7, 11) is -6.64. The van der Waals surface area contributed by atoms with Crippen molar-refractivity contribution in [3.8, 4) is 0 Å². The van der Waals surface area contributed by atoms with Gasteiger partial charge in [-0.05, 0) is 90.8 Å². The molecule has 8 heteroatoms. The predicted octanol–water partition coefficient (Wildman–Crippen LogP) is 4.36. The third-order valence-electron chi connectivity index (χ3n) is 6.08. The van der Waals surface area contributed by atoms with Crippen LogP contribution in [0.1, 0.15) is 72.8 Å². The molecule has 176 valence electrons. The molecule has 0 amide bonds. The van der Waals surface area contributed by atoms with Crippen molar-refractivity contribution in [2.24, 2.45) is 11.8 Å². The molecule has 1 aliphatic carbocycles. The summed E-state index contributed by atoms with van der Waals surface area (Å²) < 4.78 is 50.3. The molecule has 1 aliphatic rings. The average molecular weight is 472 g/mol. The van der Waals surface area contributed by atoms with Crippen molar-refractivity contribution < 1.29 is 21.6 Å². The minimum atomic E-state index is -3.49. The minimum absolute atomic E-state index is 0.0346. The van der Waals surface area contributed by atoms with E-state index >= 15 is 0 Å². The maximum atomic E-state index is 12.7. The molecule has 0 bridgehead atoms. The van der Waals surface area contributed by atoms with Gasteiger partial charge >= 0.3 is 0 Å². The lowest BCUT2D eigenvalue weighted by atomic mass is 9.79. The van der Waals surface area contributed by atoms with Gasteiger partial charge in [-0.2, -0.15) is 0 Å². The van der Waals surface area contributed by atoms with Crippen LogP contribution in [0.2, 0.25) is 0 Å². The third-order valence-corrected chi connectivity index (χ3v) is 11.0. The lowest BCUT2D eigenvalue weighted by Gasteiger charge is -2.30. The fourth-order valence-corrected chi connectivity index (χ4v) is 5.76. The number of hydrogen-bond acceptors (Lipinski definition) is 5. The molecule has 1 aromatic rings. The summed E-state index contributed by atoms with van der Waals surface area (Å²) in [5, 5.41) is 0. The molecular weight excluding hydrogens is 434 g/mol. The largest absolute Gasteiger partial charge is 0.299 e. The van der Waals surface area contributed by atoms with Crippen LogP contribution in [-0.4, -0.2) is 37.9 Å². The summed E-state index contributed by atoms with van der Waals surface area (Å²) in [6.45, 7) is 10.1. The van der Waals surface area contributed by atoms with Crippen LogP contribution in [0, 0.1) is 11.8 Å². The number of benzene rings is 1. The number of sulfonamides is 1. The minimum Gasteiger partial charge on any atom is -0.299 e. The summed E-state index contributed by atoms with van der Waals surface area (Å²) in [5.74, 6) is 0.458. The highest BCUT2D eigenvalue weighted by atomic mass is 32.2. The Hall–Kier alpha value is -1.41. The highest BCUT2D eigenvalue weighted by Gasteiger charge is 2.34. The van der Waals surface area contributed by atoms with E-state index in [1.165, 1.54) is 0 Å². The van der Waals surface area contributed by atoms with Gasteiger partial charge < -0.3 is 0 Å². The number of carbonyl (C=O) groups is 1. The normalized spacial score (nSPS) is 21.0. The van der Waals surface area contributed by atoms with Gasteiger partial charge in [0.15, 0.2) is 9.84 Å². The van der Waals surface area contributed by atoms with Gasteiger partial charge in [0, 0.05) is 18.0 Å². The van der Waals surface area contributed by atoms with Gasteiger partial charge in [-0.3, -0.25) is 9.52 Å². The molecule has 1 saturated carbocycles. The summed E-state index contributed by atoms with van der Waals surface area (Å²) in [5.41, 5.74) is 1.33. The van der Waals surface area contributed by atoms with E-state index in [2.05, 4.69) is 4.72 Å². The van der Waals surface area contributed by atoms with E-state index in [4.69, 9.17) is 0 Å². The quantitative estimate of drug-likeness (QED) is 0.637. The van der Waals surface area contributed by atoms with Crippen LogP contribution in [0.3, 0.4) is 0 Å². The first kappa shape index (κ1) is 25.8. The molecule has 2 rings (SSSR count). The van der Waals surface area contributed by atoms with Crippen LogP contribution >= 0.6 is 0 Å². The molecule has 0 unspecified atom stereocenters. The van der Waals surface area contributed by atoms with Crippen molar-refractivity contribution in [2.45, 2.75) is 83.1 Å². The monoisotopic (exact) mass is 471 g/mol. The number of ketones is 1. The van der Waals surface area contributed by atoms with Crippen LogP contribution in [0.5, 0.6) is 0 Å². The molecule has 0 aromatic heterocycles. The van der Waals surface area contributed by atoms with Gasteiger partial charge in [0.25, 0.3) is 0 Å². The highest BCUT2D eigenvalue weighted by Crippen LogP contribution is 2.33. The molecule has 0 spiro atoms. The summed E-state index contributed by atoms with van der Waals surface area (Å²) in [6.07, 6.45) is 3.29. The van der Waals surface area contributed by atoms with Crippen molar-refractivity contribution in [1.82, 2.24) is 0 Å². The smallest absolute Gasteiger partial charge is 0.237 e. The van der Waals surface area contributed by atoms with E-state index in [1.54, 1.807) is 65.8 Å². The fraction of sp³-hybridized carbons (Fsp3) is 0.696. The van der Waals surface area contributed by atoms with Gasteiger partial charge in [0.2, 0.25) is 10.0 Å². The SMILES string of the molecule is CC(C)(C)S(=O)(=O)CC1CCC(C(=O)Cc2ccc(NS(=O)(=O)C(C)(C)C)cc2)CC1. The molecule has 31 heavy (non-hydrogen) atoms. The van der Waals surface area contributed by atoms with E-state index in [1.807, 2.05) is 0 Å². The predicted molar refractivity (Wildman–Crippen MR) is 126 cm³/mol. The topological polar surface area (TPSA) is 97.4 Å². The Morgan fingerprint density at radius 3 is 1.84 bits per heavy atom. The molecule has 0 aliphatic heterocycles. The Morgan fingerprint density at radius 1 is 0.871 bits per heavy atom. The lowest BCUT2D eigenvalue weighted by Crippen LogP contribution is -2.35. The first-order valence-electron chi connectivity index (χ1n) is 10.9. The van der Waals surface area contributed by atoms with Gasteiger partial charge in [0.05, 0.1) is 15.2 Å². The van der Waals surface area contributed by atoms with E-state index in [-0.39, 0.29) is 23.4 Å². The van der Waals surface area contributed by atoms with E-state index in [0.717, 1.165) is 31.2 Å². The number of anilines is 1. The Labute approximate surface area is 188 Å². The molecule has 1 fully saturated rings. The number of carbonyl (C=O) groups excluding carboxylic acids is 1. The summed E-state index contributed by atoms with van der Waals surface area (Å²) >= 11 is 0. The van der Waals surface area contributed by atoms with E-state index in [0.29, 0.717) is 12.1 Å². The molecular formula is C23H37NO5S2. The van der Waals surface area contributed by atoms with Crippen LogP contribution in [0.4, 0.5) is 5.69 Å². The van der Waals surface area contributed by atoms with Crippen LogP contribution in [-0.2, 0) is 31.1 Å². The molecule has 1 aromatic carbocycles. The second kappa shape index (κ2) is 9.22. The van der Waals surface area contributed by atoms with Crippen molar-refractivity contribution in [2.75, 3.05) is 10.5 Å². The van der Waals surface area contributed by atoms with Gasteiger partial charge in [-0.15, -0.1) is 0 Å². The Bertz CT molecular complexity index is 974. The van der Waals surface area contributed by atoms with Crippen molar-refractivity contribution in [3.63, 3.8) is 0 Å². The Balaban J connectivity index is 1.90.